The van der Waals surface area contributed by atoms with E-state index in [-0.39, 0.29) is 11.6 Å². The molecule has 0 fully saturated rings. The molecule has 7 heteroatoms. The van der Waals surface area contributed by atoms with Gasteiger partial charge in [0.25, 0.3) is 0 Å². The molecule has 4 N–H and O–H groups in total. The first-order valence-electron chi connectivity index (χ1n) is 5.72. The molecule has 0 saturated carbocycles. The highest BCUT2D eigenvalue weighted by molar-refractivity contribution is 5.95. The maximum absolute atomic E-state index is 11.2. The van der Waals surface area contributed by atoms with E-state index >= 15 is 0 Å². The first kappa shape index (κ1) is 12.9. The van der Waals surface area contributed by atoms with Crippen LogP contribution in [-0.2, 0) is 7.05 Å². The summed E-state index contributed by atoms with van der Waals surface area (Å²) >= 11 is 0. The van der Waals surface area contributed by atoms with Crippen LogP contribution in [0.2, 0.25) is 0 Å². The van der Waals surface area contributed by atoms with Crippen LogP contribution < -0.4 is 11.1 Å². The molecule has 1 aromatic heterocycles. The van der Waals surface area contributed by atoms with Crippen LogP contribution in [0.15, 0.2) is 24.5 Å². The number of aromatic carboxylic acids is 1. The summed E-state index contributed by atoms with van der Waals surface area (Å²) in [6.45, 7) is 1.87. The fourth-order valence-electron chi connectivity index (χ4n) is 1.85. The van der Waals surface area contributed by atoms with Gasteiger partial charge in [0.05, 0.1) is 17.3 Å². The van der Waals surface area contributed by atoms with Crippen molar-refractivity contribution in [1.29, 1.82) is 0 Å². The summed E-state index contributed by atoms with van der Waals surface area (Å²) in [7, 11) is 1.82. The van der Waals surface area contributed by atoms with Gasteiger partial charge in [-0.1, -0.05) is 0 Å². The maximum atomic E-state index is 11.2. The molecule has 2 rings (SSSR count). The van der Waals surface area contributed by atoms with Gasteiger partial charge in [-0.05, 0) is 25.1 Å². The van der Waals surface area contributed by atoms with Crippen LogP contribution in [-0.4, -0.2) is 25.8 Å². The molecule has 0 aliphatic rings. The second kappa shape index (κ2) is 4.97. The Hall–Kier alpha value is -2.57. The highest BCUT2D eigenvalue weighted by Crippen LogP contribution is 2.23. The number of carboxylic acid groups (broad SMARTS) is 1. The monoisotopic (exact) mass is 261 g/mol. The third-order valence-corrected chi connectivity index (χ3v) is 2.78. The predicted molar refractivity (Wildman–Crippen MR) is 70.9 cm³/mol. The zero-order chi connectivity index (χ0) is 14.0. The van der Waals surface area contributed by atoms with Crippen molar-refractivity contribution in [3.05, 3.63) is 35.9 Å². The van der Waals surface area contributed by atoms with Crippen molar-refractivity contribution in [3.63, 3.8) is 0 Å². The molecule has 1 heterocycles. The number of rotatable bonds is 4. The van der Waals surface area contributed by atoms with Crippen molar-refractivity contribution in [2.45, 2.75) is 13.0 Å². The predicted octanol–water partition coefficient (Wildman–Crippen LogP) is 1.27. The van der Waals surface area contributed by atoms with Crippen molar-refractivity contribution in [3.8, 4) is 0 Å². The fourth-order valence-corrected chi connectivity index (χ4v) is 1.85. The minimum absolute atomic E-state index is 0.170. The summed E-state index contributed by atoms with van der Waals surface area (Å²) in [5, 5.41) is 20.0. The van der Waals surface area contributed by atoms with E-state index < -0.39 is 5.97 Å². The van der Waals surface area contributed by atoms with Gasteiger partial charge in [-0.15, -0.1) is 10.2 Å². The number of nitrogens with two attached hydrogens (primary N) is 1. The first-order chi connectivity index (χ1) is 8.99. The number of nitrogens with zero attached hydrogens (tertiary/aromatic N) is 3. The minimum Gasteiger partial charge on any atom is -0.478 e. The van der Waals surface area contributed by atoms with E-state index in [1.165, 1.54) is 6.07 Å². The van der Waals surface area contributed by atoms with E-state index in [4.69, 9.17) is 10.8 Å². The average Bonchev–Trinajstić information content (AvgIpc) is 2.75. The summed E-state index contributed by atoms with van der Waals surface area (Å²) in [6, 6.07) is 4.44. The normalized spacial score (nSPS) is 12.1. The number of nitrogens with one attached hydrogen (secondary N) is 1. The average molecular weight is 261 g/mol. The Morgan fingerprint density at radius 2 is 2.26 bits per heavy atom. The fraction of sp³-hybridized carbons (Fsp3) is 0.250. The Morgan fingerprint density at radius 3 is 2.84 bits per heavy atom. The third kappa shape index (κ3) is 2.65. The summed E-state index contributed by atoms with van der Waals surface area (Å²) in [6.07, 6.45) is 1.59. The largest absolute Gasteiger partial charge is 0.478 e. The molecule has 0 aliphatic heterocycles. The Balaban J connectivity index is 2.30. The number of hydrogen-bond acceptors (Lipinski definition) is 5. The van der Waals surface area contributed by atoms with E-state index in [2.05, 4.69) is 15.5 Å². The molecule has 1 unspecified atom stereocenters. The number of aryl methyl sites for hydroxylation is 1. The molecule has 0 amide bonds. The standard InChI is InChI=1S/C12H15N5O2/c1-7(11-16-14-6-17(11)2)15-10-5-8(13)3-4-9(10)12(18)19/h3-7,15H,13H2,1-2H3,(H,18,19). The number of anilines is 2. The maximum Gasteiger partial charge on any atom is 0.337 e. The topological polar surface area (TPSA) is 106 Å². The van der Waals surface area contributed by atoms with E-state index in [1.807, 2.05) is 14.0 Å². The van der Waals surface area contributed by atoms with E-state index in [9.17, 15) is 4.79 Å². The molecule has 1 atom stereocenters. The van der Waals surface area contributed by atoms with Crippen LogP contribution in [0.5, 0.6) is 0 Å². The van der Waals surface area contributed by atoms with Gasteiger partial charge in [-0.25, -0.2) is 4.79 Å². The van der Waals surface area contributed by atoms with Crippen LogP contribution in [0, 0.1) is 0 Å². The molecule has 19 heavy (non-hydrogen) atoms. The highest BCUT2D eigenvalue weighted by atomic mass is 16.4. The minimum atomic E-state index is -1.01. The quantitative estimate of drug-likeness (QED) is 0.715. The Morgan fingerprint density at radius 1 is 1.53 bits per heavy atom. The Kier molecular flexibility index (Phi) is 3.37. The SMILES string of the molecule is CC(Nc1cc(N)ccc1C(=O)O)c1nncn1C. The van der Waals surface area contributed by atoms with Crippen LogP contribution >= 0.6 is 0 Å². The number of hydrogen-bond donors (Lipinski definition) is 3. The zero-order valence-corrected chi connectivity index (χ0v) is 10.7. The van der Waals surface area contributed by atoms with Gasteiger partial charge in [0.15, 0.2) is 5.82 Å². The smallest absolute Gasteiger partial charge is 0.337 e. The summed E-state index contributed by atoms with van der Waals surface area (Å²) < 4.78 is 1.77. The lowest BCUT2D eigenvalue weighted by molar-refractivity contribution is 0.0698. The van der Waals surface area contributed by atoms with Gasteiger partial charge >= 0.3 is 5.97 Å². The van der Waals surface area contributed by atoms with Crippen molar-refractivity contribution in [2.75, 3.05) is 11.1 Å². The van der Waals surface area contributed by atoms with E-state index in [1.54, 1.807) is 23.0 Å². The number of nitrogen functional groups attached to an aromatic ring is 1. The summed E-state index contributed by atoms with van der Waals surface area (Å²) in [5.74, 6) is -0.300. The van der Waals surface area contributed by atoms with Crippen molar-refractivity contribution >= 4 is 17.3 Å². The molecule has 1 aromatic carbocycles. The van der Waals surface area contributed by atoms with Crippen LogP contribution in [0.3, 0.4) is 0 Å². The highest BCUT2D eigenvalue weighted by Gasteiger charge is 2.16. The van der Waals surface area contributed by atoms with Crippen molar-refractivity contribution < 1.29 is 9.90 Å². The molecular weight excluding hydrogens is 246 g/mol. The van der Waals surface area contributed by atoms with Crippen LogP contribution in [0.1, 0.15) is 29.1 Å². The van der Waals surface area contributed by atoms with E-state index in [0.29, 0.717) is 17.2 Å². The summed E-state index contributed by atoms with van der Waals surface area (Å²) in [5.41, 5.74) is 6.81. The molecule has 100 valence electrons. The Bertz CT molecular complexity index is 608. The van der Waals surface area contributed by atoms with E-state index in [0.717, 1.165) is 0 Å². The lowest BCUT2D eigenvalue weighted by Gasteiger charge is -2.16. The zero-order valence-electron chi connectivity index (χ0n) is 10.7. The van der Waals surface area contributed by atoms with Gasteiger partial charge in [-0.2, -0.15) is 0 Å². The number of carbonyl (C=O) groups is 1. The third-order valence-electron chi connectivity index (χ3n) is 2.78. The van der Waals surface area contributed by atoms with Gasteiger partial charge in [0, 0.05) is 12.7 Å². The molecule has 7 nitrogen and oxygen atoms in total. The van der Waals surface area contributed by atoms with Gasteiger partial charge in [-0.3, -0.25) is 0 Å². The molecule has 2 aromatic rings. The van der Waals surface area contributed by atoms with Crippen molar-refractivity contribution in [2.24, 2.45) is 7.05 Å². The Labute approximate surface area is 110 Å². The number of benzene rings is 1. The lowest BCUT2D eigenvalue weighted by Crippen LogP contribution is -2.14. The second-order valence-corrected chi connectivity index (χ2v) is 4.28. The first-order valence-corrected chi connectivity index (χ1v) is 5.72. The van der Waals surface area contributed by atoms with Gasteiger partial charge in [0.1, 0.15) is 6.33 Å². The number of carboxylic acids is 1. The van der Waals surface area contributed by atoms with Crippen LogP contribution in [0.25, 0.3) is 0 Å². The van der Waals surface area contributed by atoms with Gasteiger partial charge < -0.3 is 20.7 Å². The van der Waals surface area contributed by atoms with Gasteiger partial charge in [0.2, 0.25) is 0 Å². The number of aromatic nitrogens is 3. The molecular formula is C12H15N5O2. The molecule has 0 radical (unpaired) electrons. The molecule has 0 saturated heterocycles. The van der Waals surface area contributed by atoms with Crippen molar-refractivity contribution in [1.82, 2.24) is 14.8 Å². The molecule has 0 bridgehead atoms. The second-order valence-electron chi connectivity index (χ2n) is 4.28. The summed E-state index contributed by atoms with van der Waals surface area (Å²) in [4.78, 5) is 11.2. The molecule has 0 spiro atoms. The molecule has 0 aliphatic carbocycles. The van der Waals surface area contributed by atoms with Crippen LogP contribution in [0.4, 0.5) is 11.4 Å². The lowest BCUT2D eigenvalue weighted by atomic mass is 10.1.